The minimum Gasteiger partial charge on any atom is -0.465 e. The molecule has 5 rings (SSSR count). The van der Waals surface area contributed by atoms with Gasteiger partial charge in [0.25, 0.3) is 5.91 Å². The first-order chi connectivity index (χ1) is 20.1. The SMILES string of the molecule is C=CCCOC(=O)[C@H]1[C@H]2C(=O)N([C@H](CO)c3ccccc3)C(C(=O)N(CC=C)c3ccc(Cl)cc3)C23CC(C)[C@]1(C)O3. The van der Waals surface area contributed by atoms with Crippen molar-refractivity contribution in [2.75, 3.05) is 24.7 Å². The van der Waals surface area contributed by atoms with Gasteiger partial charge in [-0.15, -0.1) is 13.2 Å². The molecule has 1 spiro atoms. The van der Waals surface area contributed by atoms with Crippen molar-refractivity contribution < 1.29 is 29.0 Å². The number of nitrogens with zero attached hydrogens (tertiary/aromatic N) is 2. The summed E-state index contributed by atoms with van der Waals surface area (Å²) >= 11 is 6.14. The molecule has 2 aromatic carbocycles. The van der Waals surface area contributed by atoms with Crippen molar-refractivity contribution in [3.63, 3.8) is 0 Å². The average Bonchev–Trinajstić information content (AvgIpc) is 3.50. The molecule has 42 heavy (non-hydrogen) atoms. The van der Waals surface area contributed by atoms with E-state index in [1.54, 1.807) is 41.3 Å². The third-order valence-corrected chi connectivity index (χ3v) is 9.47. The first kappa shape index (κ1) is 30.0. The fourth-order valence-corrected chi connectivity index (χ4v) is 7.36. The molecule has 2 amide bonds. The number of rotatable bonds is 11. The number of fused-ring (bicyclic) bond motifs is 1. The third-order valence-electron chi connectivity index (χ3n) is 9.22. The Labute approximate surface area is 251 Å². The van der Waals surface area contributed by atoms with Crippen LogP contribution in [0.2, 0.25) is 5.02 Å². The Morgan fingerprint density at radius 1 is 1.19 bits per heavy atom. The van der Waals surface area contributed by atoms with E-state index in [0.29, 0.717) is 29.1 Å². The minimum atomic E-state index is -1.31. The highest BCUT2D eigenvalue weighted by atomic mass is 35.5. The Hall–Kier alpha value is -3.46. The third kappa shape index (κ3) is 4.66. The second kappa shape index (κ2) is 11.7. The Kier molecular flexibility index (Phi) is 8.34. The second-order valence-corrected chi connectivity index (χ2v) is 12.0. The van der Waals surface area contributed by atoms with Crippen LogP contribution < -0.4 is 4.90 Å². The van der Waals surface area contributed by atoms with Gasteiger partial charge in [-0.05, 0) is 55.5 Å². The first-order valence-electron chi connectivity index (χ1n) is 14.3. The van der Waals surface area contributed by atoms with Crippen LogP contribution in [0.5, 0.6) is 0 Å². The monoisotopic (exact) mass is 592 g/mol. The van der Waals surface area contributed by atoms with Gasteiger partial charge in [-0.25, -0.2) is 0 Å². The molecule has 222 valence electrons. The maximum atomic E-state index is 14.8. The zero-order chi connectivity index (χ0) is 30.2. The number of ether oxygens (including phenoxy) is 2. The van der Waals surface area contributed by atoms with Crippen molar-refractivity contribution in [1.29, 1.82) is 0 Å². The standard InChI is InChI=1S/C33H37ClN2O6/c1-5-7-18-41-31(40)27-26-29(38)36(25(20-37)22-11-9-8-10-12-22)28(33(26)19-21(3)32(27,4)42-33)30(39)35(17-6-2)24-15-13-23(34)14-16-24/h5-6,8-16,21,25-28,37H,1-2,7,17-20H2,3-4H3/t21?,25-,26+,27-,28?,32+,33?/m1/s1. The number of aliphatic hydroxyl groups is 1. The largest absolute Gasteiger partial charge is 0.465 e. The van der Waals surface area contributed by atoms with Gasteiger partial charge in [-0.1, -0.05) is 61.0 Å². The van der Waals surface area contributed by atoms with Gasteiger partial charge in [-0.2, -0.15) is 0 Å². The van der Waals surface area contributed by atoms with Crippen molar-refractivity contribution in [2.45, 2.75) is 50.0 Å². The van der Waals surface area contributed by atoms with Crippen LogP contribution in [0.4, 0.5) is 5.69 Å². The van der Waals surface area contributed by atoms with Gasteiger partial charge in [-0.3, -0.25) is 14.4 Å². The number of amides is 2. The summed E-state index contributed by atoms with van der Waals surface area (Å²) in [6, 6.07) is 14.0. The van der Waals surface area contributed by atoms with Crippen LogP contribution in [0.25, 0.3) is 0 Å². The normalized spacial score (nSPS) is 30.1. The van der Waals surface area contributed by atoms with Gasteiger partial charge in [0, 0.05) is 17.3 Å². The number of carbonyl (C=O) groups is 3. The summed E-state index contributed by atoms with van der Waals surface area (Å²) in [5.74, 6) is -3.36. The van der Waals surface area contributed by atoms with Crippen LogP contribution in [0.1, 0.15) is 38.3 Å². The summed E-state index contributed by atoms with van der Waals surface area (Å²) in [6.45, 7) is 11.2. The number of aliphatic hydroxyl groups excluding tert-OH is 1. The molecule has 0 saturated carbocycles. The molecule has 3 fully saturated rings. The average molecular weight is 593 g/mol. The molecule has 3 saturated heterocycles. The van der Waals surface area contributed by atoms with E-state index in [-0.39, 0.29) is 25.0 Å². The molecule has 1 N–H and O–H groups in total. The van der Waals surface area contributed by atoms with Crippen molar-refractivity contribution in [2.24, 2.45) is 17.8 Å². The van der Waals surface area contributed by atoms with Crippen molar-refractivity contribution in [3.05, 3.63) is 90.5 Å². The lowest BCUT2D eigenvalue weighted by molar-refractivity contribution is -0.162. The molecule has 7 atom stereocenters. The molecule has 3 unspecified atom stereocenters. The summed E-state index contributed by atoms with van der Waals surface area (Å²) < 4.78 is 12.4. The highest BCUT2D eigenvalue weighted by molar-refractivity contribution is 6.30. The number of halogens is 1. The zero-order valence-electron chi connectivity index (χ0n) is 23.9. The number of hydrogen-bond donors (Lipinski definition) is 1. The van der Waals surface area contributed by atoms with Gasteiger partial charge in [0.2, 0.25) is 5.91 Å². The minimum absolute atomic E-state index is 0.135. The Morgan fingerprint density at radius 2 is 1.88 bits per heavy atom. The van der Waals surface area contributed by atoms with Gasteiger partial charge in [0.1, 0.15) is 17.6 Å². The molecule has 3 heterocycles. The Balaban J connectivity index is 1.66. The quantitative estimate of drug-likeness (QED) is 0.230. The van der Waals surface area contributed by atoms with Gasteiger partial charge < -0.3 is 24.4 Å². The molecule has 3 aliphatic heterocycles. The molecular formula is C33H37ClN2O6. The number of anilines is 1. The Morgan fingerprint density at radius 3 is 2.50 bits per heavy atom. The molecule has 3 aliphatic rings. The summed E-state index contributed by atoms with van der Waals surface area (Å²) in [7, 11) is 0. The lowest BCUT2D eigenvalue weighted by Gasteiger charge is -2.39. The Bertz CT molecular complexity index is 1370. The molecule has 2 aromatic rings. The van der Waals surface area contributed by atoms with Crippen LogP contribution in [-0.4, -0.2) is 64.8 Å². The smallest absolute Gasteiger partial charge is 0.312 e. The van der Waals surface area contributed by atoms with Gasteiger partial charge in [0.15, 0.2) is 0 Å². The van der Waals surface area contributed by atoms with Crippen LogP contribution in [0, 0.1) is 17.8 Å². The van der Waals surface area contributed by atoms with Crippen LogP contribution in [-0.2, 0) is 23.9 Å². The van der Waals surface area contributed by atoms with Crippen LogP contribution in [0.15, 0.2) is 79.9 Å². The van der Waals surface area contributed by atoms with E-state index in [0.717, 1.165) is 0 Å². The lowest BCUT2D eigenvalue weighted by atomic mass is 9.62. The van der Waals surface area contributed by atoms with E-state index in [1.165, 1.54) is 4.90 Å². The molecule has 0 radical (unpaired) electrons. The highest BCUT2D eigenvalue weighted by Crippen LogP contribution is 2.66. The summed E-state index contributed by atoms with van der Waals surface area (Å²) in [6.07, 6.45) is 4.13. The van der Waals surface area contributed by atoms with Crippen molar-refractivity contribution in [3.8, 4) is 0 Å². The van der Waals surface area contributed by atoms with E-state index in [1.807, 2.05) is 44.2 Å². The highest BCUT2D eigenvalue weighted by Gasteiger charge is 2.81. The molecule has 0 aromatic heterocycles. The van der Waals surface area contributed by atoms with Gasteiger partial charge in [0.05, 0.1) is 30.8 Å². The van der Waals surface area contributed by atoms with E-state index in [4.69, 9.17) is 21.1 Å². The number of likely N-dealkylation sites (tertiary alicyclic amines) is 1. The first-order valence-corrected chi connectivity index (χ1v) is 14.7. The van der Waals surface area contributed by atoms with E-state index < -0.39 is 53.6 Å². The fraction of sp³-hybridized carbons (Fsp3) is 0.424. The molecule has 8 nitrogen and oxygen atoms in total. The van der Waals surface area contributed by atoms with E-state index in [9.17, 15) is 19.5 Å². The molecule has 2 bridgehead atoms. The fourth-order valence-electron chi connectivity index (χ4n) is 7.23. The second-order valence-electron chi connectivity index (χ2n) is 11.5. The van der Waals surface area contributed by atoms with Crippen molar-refractivity contribution in [1.82, 2.24) is 4.90 Å². The lowest BCUT2D eigenvalue weighted by Crippen LogP contribution is -2.57. The molecule has 9 heteroatoms. The number of carbonyl (C=O) groups excluding carboxylic acids is 3. The summed E-state index contributed by atoms with van der Waals surface area (Å²) in [4.78, 5) is 46.1. The topological polar surface area (TPSA) is 96.4 Å². The predicted molar refractivity (Wildman–Crippen MR) is 160 cm³/mol. The van der Waals surface area contributed by atoms with Crippen LogP contribution >= 0.6 is 11.6 Å². The number of benzene rings is 2. The molecule has 0 aliphatic carbocycles. The maximum absolute atomic E-state index is 14.8. The van der Waals surface area contributed by atoms with Crippen molar-refractivity contribution >= 4 is 35.1 Å². The summed E-state index contributed by atoms with van der Waals surface area (Å²) in [5, 5.41) is 11.2. The van der Waals surface area contributed by atoms with E-state index >= 15 is 0 Å². The zero-order valence-corrected chi connectivity index (χ0v) is 24.7. The predicted octanol–water partition coefficient (Wildman–Crippen LogP) is 4.72. The maximum Gasteiger partial charge on any atom is 0.312 e. The van der Waals surface area contributed by atoms with E-state index in [2.05, 4.69) is 13.2 Å². The summed E-state index contributed by atoms with van der Waals surface area (Å²) in [5.41, 5.74) is -1.08. The van der Waals surface area contributed by atoms with Gasteiger partial charge >= 0.3 is 5.97 Å². The number of hydrogen-bond acceptors (Lipinski definition) is 6. The number of esters is 1. The van der Waals surface area contributed by atoms with Crippen LogP contribution in [0.3, 0.4) is 0 Å². The molecular weight excluding hydrogens is 556 g/mol.